The molecule has 0 saturated carbocycles. The number of halogens is 4. The van der Waals surface area contributed by atoms with Crippen molar-refractivity contribution in [2.24, 2.45) is 0 Å². The largest absolute Gasteiger partial charge is 0.573 e. The molecule has 0 atom stereocenters. The minimum atomic E-state index is -4.70. The summed E-state index contributed by atoms with van der Waals surface area (Å²) >= 11 is 3.08. The van der Waals surface area contributed by atoms with Crippen molar-refractivity contribution in [3.8, 4) is 5.75 Å². The fourth-order valence-electron chi connectivity index (χ4n) is 1.03. The molecule has 0 saturated heterocycles. The van der Waals surface area contributed by atoms with Crippen LogP contribution in [0.4, 0.5) is 18.9 Å². The fourth-order valence-corrected chi connectivity index (χ4v) is 1.37. The number of rotatable bonds is 4. The van der Waals surface area contributed by atoms with E-state index in [1.165, 1.54) is 12.1 Å². The molecule has 1 rings (SSSR count). The van der Waals surface area contributed by atoms with Gasteiger partial charge in [-0.25, -0.2) is 0 Å². The molecule has 0 unspecified atom stereocenters. The number of anilines is 1. The average molecular weight is 296 g/mol. The Balaban J connectivity index is 2.93. The van der Waals surface area contributed by atoms with Crippen molar-refractivity contribution in [3.63, 3.8) is 0 Å². The lowest BCUT2D eigenvalue weighted by atomic mass is 10.3. The summed E-state index contributed by atoms with van der Waals surface area (Å²) in [7, 11) is 0. The molecule has 0 aliphatic carbocycles. The monoisotopic (exact) mass is 295 g/mol. The number of hydrogen-bond acceptors (Lipinski definition) is 2. The van der Waals surface area contributed by atoms with Crippen LogP contribution in [0.1, 0.15) is 0 Å². The van der Waals surface area contributed by atoms with Crippen LogP contribution in [0.15, 0.2) is 35.3 Å². The van der Waals surface area contributed by atoms with Crippen molar-refractivity contribution < 1.29 is 17.9 Å². The number of alkyl halides is 3. The van der Waals surface area contributed by atoms with Gasteiger partial charge in [0.25, 0.3) is 0 Å². The summed E-state index contributed by atoms with van der Waals surface area (Å²) in [4.78, 5) is 0. The van der Waals surface area contributed by atoms with E-state index in [1.807, 2.05) is 0 Å². The lowest BCUT2D eigenvalue weighted by Gasteiger charge is -2.14. The van der Waals surface area contributed by atoms with E-state index in [2.05, 4.69) is 32.6 Å². The normalized spacial score (nSPS) is 11.0. The van der Waals surface area contributed by atoms with Crippen LogP contribution in [0.25, 0.3) is 0 Å². The highest BCUT2D eigenvalue weighted by Crippen LogP contribution is 2.32. The quantitative estimate of drug-likeness (QED) is 0.850. The van der Waals surface area contributed by atoms with E-state index in [9.17, 15) is 13.2 Å². The van der Waals surface area contributed by atoms with Gasteiger partial charge in [0.2, 0.25) is 0 Å². The molecule has 2 nitrogen and oxygen atoms in total. The standard InChI is InChI=1S/C10H9BrF3NO/c1-2-5-15-8-4-3-7(11)6-9(8)16-10(12,13)14/h2-4,6,15H,1,5H2. The maximum absolute atomic E-state index is 12.1. The van der Waals surface area contributed by atoms with Crippen LogP contribution in [0.3, 0.4) is 0 Å². The van der Waals surface area contributed by atoms with E-state index in [0.717, 1.165) is 0 Å². The summed E-state index contributed by atoms with van der Waals surface area (Å²) in [6.45, 7) is 3.82. The van der Waals surface area contributed by atoms with Gasteiger partial charge in [0.1, 0.15) is 0 Å². The maximum Gasteiger partial charge on any atom is 0.573 e. The minimum absolute atomic E-state index is 0.264. The van der Waals surface area contributed by atoms with Crippen LogP contribution < -0.4 is 10.1 Å². The van der Waals surface area contributed by atoms with Crippen LogP contribution >= 0.6 is 15.9 Å². The fraction of sp³-hybridized carbons (Fsp3) is 0.200. The molecule has 0 amide bonds. The van der Waals surface area contributed by atoms with Crippen molar-refractivity contribution >= 4 is 21.6 Å². The predicted octanol–water partition coefficient (Wildman–Crippen LogP) is 3.95. The van der Waals surface area contributed by atoms with Crippen molar-refractivity contribution in [3.05, 3.63) is 35.3 Å². The SMILES string of the molecule is C=CCNc1ccc(Br)cc1OC(F)(F)F. The van der Waals surface area contributed by atoms with Crippen molar-refractivity contribution in [2.75, 3.05) is 11.9 Å². The Hall–Kier alpha value is -1.17. The van der Waals surface area contributed by atoms with E-state index in [-0.39, 0.29) is 11.4 Å². The third-order valence-corrected chi connectivity index (χ3v) is 2.10. The molecule has 0 bridgehead atoms. The van der Waals surface area contributed by atoms with Gasteiger partial charge in [-0.2, -0.15) is 0 Å². The average Bonchev–Trinajstić information content (AvgIpc) is 2.14. The van der Waals surface area contributed by atoms with E-state index in [4.69, 9.17) is 0 Å². The van der Waals surface area contributed by atoms with Gasteiger partial charge in [0.15, 0.2) is 5.75 Å². The molecule has 0 aliphatic rings. The van der Waals surface area contributed by atoms with E-state index < -0.39 is 6.36 Å². The van der Waals surface area contributed by atoms with Gasteiger partial charge in [-0.05, 0) is 18.2 Å². The van der Waals surface area contributed by atoms with Crippen LogP contribution in [0, 0.1) is 0 Å². The second kappa shape index (κ2) is 5.25. The van der Waals surface area contributed by atoms with Crippen molar-refractivity contribution in [1.82, 2.24) is 0 Å². The highest BCUT2D eigenvalue weighted by atomic mass is 79.9. The van der Waals surface area contributed by atoms with Crippen molar-refractivity contribution in [1.29, 1.82) is 0 Å². The van der Waals surface area contributed by atoms with Crippen LogP contribution in [0.5, 0.6) is 5.75 Å². The molecule has 0 aliphatic heterocycles. The van der Waals surface area contributed by atoms with Gasteiger partial charge in [0, 0.05) is 11.0 Å². The summed E-state index contributed by atoms with van der Waals surface area (Å²) in [6, 6.07) is 4.36. The lowest BCUT2D eigenvalue weighted by molar-refractivity contribution is -0.274. The number of ether oxygens (including phenoxy) is 1. The Morgan fingerprint density at radius 2 is 2.12 bits per heavy atom. The number of hydrogen-bond donors (Lipinski definition) is 1. The molecule has 0 fully saturated rings. The third kappa shape index (κ3) is 4.14. The van der Waals surface area contributed by atoms with Gasteiger partial charge in [-0.15, -0.1) is 19.8 Å². The summed E-state index contributed by atoms with van der Waals surface area (Å²) < 4.78 is 40.7. The second-order valence-electron chi connectivity index (χ2n) is 2.86. The van der Waals surface area contributed by atoms with E-state index in [0.29, 0.717) is 11.0 Å². The molecule has 6 heteroatoms. The first-order valence-electron chi connectivity index (χ1n) is 4.32. The molecule has 1 N–H and O–H groups in total. The first-order chi connectivity index (χ1) is 7.42. The van der Waals surface area contributed by atoms with Crippen LogP contribution in [-0.4, -0.2) is 12.9 Å². The predicted molar refractivity (Wildman–Crippen MR) is 59.5 cm³/mol. The zero-order chi connectivity index (χ0) is 12.2. The van der Waals surface area contributed by atoms with Crippen molar-refractivity contribution in [2.45, 2.75) is 6.36 Å². The highest BCUT2D eigenvalue weighted by molar-refractivity contribution is 9.10. The summed E-state index contributed by atoms with van der Waals surface area (Å²) in [5, 5.41) is 2.75. The number of nitrogens with one attached hydrogen (secondary N) is 1. The molecule has 0 aromatic heterocycles. The highest BCUT2D eigenvalue weighted by Gasteiger charge is 2.32. The Labute approximate surface area is 99.2 Å². The maximum atomic E-state index is 12.1. The second-order valence-corrected chi connectivity index (χ2v) is 3.77. The van der Waals surface area contributed by atoms with Crippen LogP contribution in [-0.2, 0) is 0 Å². The Kier molecular flexibility index (Phi) is 4.23. The molecular weight excluding hydrogens is 287 g/mol. The zero-order valence-electron chi connectivity index (χ0n) is 8.14. The molecule has 16 heavy (non-hydrogen) atoms. The number of benzene rings is 1. The van der Waals surface area contributed by atoms with E-state index >= 15 is 0 Å². The molecule has 1 aromatic carbocycles. The first-order valence-corrected chi connectivity index (χ1v) is 5.12. The molecule has 0 heterocycles. The Morgan fingerprint density at radius 1 is 1.44 bits per heavy atom. The molecule has 0 radical (unpaired) electrons. The Morgan fingerprint density at radius 3 is 2.69 bits per heavy atom. The van der Waals surface area contributed by atoms with E-state index in [1.54, 1.807) is 12.1 Å². The van der Waals surface area contributed by atoms with Gasteiger partial charge in [0.05, 0.1) is 5.69 Å². The first kappa shape index (κ1) is 12.9. The van der Waals surface area contributed by atoms with Crippen LogP contribution in [0.2, 0.25) is 0 Å². The summed E-state index contributed by atoms with van der Waals surface area (Å²) in [5.74, 6) is -0.274. The minimum Gasteiger partial charge on any atom is -0.404 e. The summed E-state index contributed by atoms with van der Waals surface area (Å²) in [6.07, 6.45) is -3.16. The lowest BCUT2D eigenvalue weighted by Crippen LogP contribution is -2.18. The van der Waals surface area contributed by atoms with Gasteiger partial charge in [-0.3, -0.25) is 0 Å². The summed E-state index contributed by atoms with van der Waals surface area (Å²) in [5.41, 5.74) is 0.264. The van der Waals surface area contributed by atoms with Gasteiger partial charge >= 0.3 is 6.36 Å². The van der Waals surface area contributed by atoms with Gasteiger partial charge < -0.3 is 10.1 Å². The molecule has 0 spiro atoms. The molecule has 1 aromatic rings. The smallest absolute Gasteiger partial charge is 0.404 e. The topological polar surface area (TPSA) is 21.3 Å². The Bertz CT molecular complexity index is 379. The molecule has 88 valence electrons. The van der Waals surface area contributed by atoms with Gasteiger partial charge in [-0.1, -0.05) is 22.0 Å². The molecular formula is C10H9BrF3NO. The zero-order valence-corrected chi connectivity index (χ0v) is 9.73. The third-order valence-electron chi connectivity index (χ3n) is 1.61.